The quantitative estimate of drug-likeness (QED) is 0.254. The van der Waals surface area contributed by atoms with Gasteiger partial charge in [-0.25, -0.2) is 12.2 Å². The van der Waals surface area contributed by atoms with E-state index in [0.717, 1.165) is 15.9 Å². The van der Waals surface area contributed by atoms with Crippen molar-refractivity contribution in [3.8, 4) is 0 Å². The van der Waals surface area contributed by atoms with Gasteiger partial charge in [0.1, 0.15) is 0 Å². The molecule has 6 heteroatoms. The second-order valence-corrected chi connectivity index (χ2v) is 2.85. The van der Waals surface area contributed by atoms with Crippen LogP contribution in [0.4, 0.5) is 0 Å². The van der Waals surface area contributed by atoms with Gasteiger partial charge in [-0.1, -0.05) is 13.1 Å². The molecule has 1 rings (SSSR count). The molecule has 14 heavy (non-hydrogen) atoms. The third-order valence-corrected chi connectivity index (χ3v) is 0.586. The number of allylic oxidation sites excluding steroid dienone is 4. The molecule has 1 radical (unpaired) electrons. The third kappa shape index (κ3) is 54.9. The number of halogens is 2. The average molecular weight is 287 g/mol. The van der Waals surface area contributed by atoms with Gasteiger partial charge in [0, 0.05) is 15.9 Å². The summed E-state index contributed by atoms with van der Waals surface area (Å²) in [4.78, 5) is 8.47. The number of carbonyl (C=O) groups excluding carboxylic acids is 1. The van der Waals surface area contributed by atoms with Crippen LogP contribution in [0.1, 0.15) is 6.42 Å². The Kier molecular flexibility index (Phi) is 78.5. The van der Waals surface area contributed by atoms with Gasteiger partial charge in [0.15, 0.2) is 0 Å². The zero-order chi connectivity index (χ0) is 8.95. The Labute approximate surface area is 116 Å². The van der Waals surface area contributed by atoms with Crippen LogP contribution in [-0.2, 0) is 26.5 Å². The fraction of sp³-hybridized carbons (Fsp3) is 0.375. The van der Waals surface area contributed by atoms with E-state index in [1.807, 2.05) is 12.2 Å². The van der Waals surface area contributed by atoms with Crippen molar-refractivity contribution in [2.45, 2.75) is 19.5 Å². The summed E-state index contributed by atoms with van der Waals surface area (Å²) in [6.45, 7) is 4.42. The van der Waals surface area contributed by atoms with Gasteiger partial charge in [-0.05, 0) is 0 Å². The van der Waals surface area contributed by atoms with E-state index in [0.29, 0.717) is 0 Å². The summed E-state index contributed by atoms with van der Waals surface area (Å²) in [5.41, 5.74) is 5.53. The predicted molar refractivity (Wildman–Crippen MR) is 50.8 cm³/mol. The summed E-state index contributed by atoms with van der Waals surface area (Å²) in [7, 11) is 0.750. The van der Waals surface area contributed by atoms with Crippen LogP contribution < -0.4 is 24.8 Å². The molecular weight excluding hydrogens is 273 g/mol. The van der Waals surface area contributed by atoms with E-state index in [2.05, 4.69) is 25.2 Å². The van der Waals surface area contributed by atoms with Crippen LogP contribution in [0.2, 0.25) is 13.1 Å². The number of amides is 1. The molecule has 2 nitrogen and oxygen atoms in total. The summed E-state index contributed by atoms with van der Waals surface area (Å²) in [6.07, 6.45) is 10.0. The van der Waals surface area contributed by atoms with Crippen molar-refractivity contribution in [3.63, 3.8) is 0 Å². The van der Waals surface area contributed by atoms with E-state index in [9.17, 15) is 0 Å². The Bertz CT molecular complexity index is 125. The van der Waals surface area contributed by atoms with Gasteiger partial charge in [0.2, 0.25) is 0 Å². The molecule has 0 fully saturated rings. The Balaban J connectivity index is -0.0000000276. The van der Waals surface area contributed by atoms with Crippen molar-refractivity contribution in [2.24, 2.45) is 0 Å². The van der Waals surface area contributed by atoms with Crippen molar-refractivity contribution in [1.29, 1.82) is 0 Å². The van der Waals surface area contributed by atoms with Gasteiger partial charge in [-0.3, -0.25) is 6.08 Å². The second-order valence-electron chi connectivity index (χ2n) is 1.70. The molecule has 0 saturated carbocycles. The van der Waals surface area contributed by atoms with Crippen LogP contribution in [0.3, 0.4) is 0 Å². The molecule has 0 aromatic rings. The van der Waals surface area contributed by atoms with E-state index in [4.69, 9.17) is 10.5 Å². The molecule has 0 bridgehead atoms. The average Bonchev–Trinajstić information content (AvgIpc) is 2.44. The summed E-state index contributed by atoms with van der Waals surface area (Å²) in [5, 5.41) is 0. The van der Waals surface area contributed by atoms with Gasteiger partial charge in [-0.15, -0.1) is 6.42 Å². The minimum absolute atomic E-state index is 0. The van der Waals surface area contributed by atoms with Crippen molar-refractivity contribution in [1.82, 2.24) is 0 Å². The summed E-state index contributed by atoms with van der Waals surface area (Å²) in [5.74, 6) is 0. The van der Waals surface area contributed by atoms with Crippen molar-refractivity contribution in [2.75, 3.05) is 0 Å². The molecule has 1 aliphatic rings. The fourth-order valence-electron chi connectivity index (χ4n) is 0.340. The van der Waals surface area contributed by atoms with Crippen LogP contribution in [0.5, 0.6) is 0 Å². The third-order valence-electron chi connectivity index (χ3n) is 0.586. The van der Waals surface area contributed by atoms with E-state index >= 15 is 0 Å². The molecule has 0 atom stereocenters. The molecular formula is C8H14Cl2NOSiTi. The second kappa shape index (κ2) is 37.5. The first-order chi connectivity index (χ1) is 5.33. The molecule has 79 valence electrons. The molecule has 1 N–H and O–H groups in total. The molecule has 1 aliphatic carbocycles. The maximum Gasteiger partial charge on any atom is 4.00 e. The van der Waals surface area contributed by atoms with E-state index < -0.39 is 0 Å². The van der Waals surface area contributed by atoms with Crippen LogP contribution >= 0.6 is 0 Å². The number of hydrogen-bond donors (Lipinski definition) is 0. The number of rotatable bonds is 0. The first-order valence-electron chi connectivity index (χ1n) is 3.40. The van der Waals surface area contributed by atoms with E-state index in [-0.39, 0.29) is 52.9 Å². The predicted octanol–water partition coefficient (Wildman–Crippen LogP) is -3.97. The van der Waals surface area contributed by atoms with Crippen LogP contribution in [0.15, 0.2) is 18.2 Å². The zero-order valence-electron chi connectivity index (χ0n) is 8.26. The van der Waals surface area contributed by atoms with E-state index in [1.165, 1.54) is 0 Å². The smallest absolute Gasteiger partial charge is 1.00 e. The molecule has 0 unspecified atom stereocenters. The maximum atomic E-state index is 8.47. The Hall–Kier alpha value is 0.461. The molecule has 0 heterocycles. The SMILES string of the molecule is C[SiH]C.[C-]1=CC=CC1.[Cl-].[Cl-].[NH-]C=O.[Ti+4]. The van der Waals surface area contributed by atoms with Gasteiger partial charge in [0.25, 0.3) is 0 Å². The van der Waals surface area contributed by atoms with Gasteiger partial charge in [-0.2, -0.15) is 6.08 Å². The Morgan fingerprint density at radius 3 is 1.86 bits per heavy atom. The summed E-state index contributed by atoms with van der Waals surface area (Å²) < 4.78 is 0. The first-order valence-corrected chi connectivity index (χ1v) is 5.71. The first kappa shape index (κ1) is 29.3. The molecule has 0 saturated heterocycles. The van der Waals surface area contributed by atoms with Crippen molar-refractivity contribution in [3.05, 3.63) is 30.0 Å². The minimum Gasteiger partial charge on any atom is -1.00 e. The van der Waals surface area contributed by atoms with Crippen LogP contribution in [-0.4, -0.2) is 15.9 Å². The van der Waals surface area contributed by atoms with Gasteiger partial charge in [0.05, 0.1) is 0 Å². The molecule has 1 amide bonds. The zero-order valence-corrected chi connectivity index (χ0v) is 12.5. The van der Waals surface area contributed by atoms with Gasteiger partial charge < -0.3 is 35.3 Å². The number of hydrogen-bond acceptors (Lipinski definition) is 1. The topological polar surface area (TPSA) is 40.9 Å². The molecule has 0 spiro atoms. The minimum atomic E-state index is 0. The largest absolute Gasteiger partial charge is 4.00 e. The van der Waals surface area contributed by atoms with E-state index in [1.54, 1.807) is 0 Å². The Morgan fingerprint density at radius 2 is 1.79 bits per heavy atom. The Morgan fingerprint density at radius 1 is 1.43 bits per heavy atom. The fourth-order valence-corrected chi connectivity index (χ4v) is 0.340. The summed E-state index contributed by atoms with van der Waals surface area (Å²) in [6, 6.07) is 0. The maximum absolute atomic E-state index is 8.47. The monoisotopic (exact) mass is 286 g/mol. The normalized spacial score (nSPS) is 8.43. The number of nitrogens with one attached hydrogen (secondary N) is 1. The van der Waals surface area contributed by atoms with Crippen molar-refractivity contribution < 1.29 is 51.3 Å². The van der Waals surface area contributed by atoms with Gasteiger partial charge >= 0.3 is 21.7 Å². The summed E-state index contributed by atoms with van der Waals surface area (Å²) >= 11 is 0. The molecule has 0 aliphatic heterocycles. The molecule has 0 aromatic carbocycles. The standard InChI is InChI=1S/C5H5.C2H7Si.CH3NO.2ClH.Ti/c1-2-4-5-3-1;1-3-2;2-1-3;;;/h1-3H,4H2;3H,1-2H3;1H,(H2,2,3);2*1H;/q-1;;;;;+4/p-3. The molecule has 0 aromatic heterocycles. The van der Waals surface area contributed by atoms with Crippen LogP contribution in [0.25, 0.3) is 5.73 Å². The number of carbonyl (C=O) groups is 1. The van der Waals surface area contributed by atoms with Crippen molar-refractivity contribution >= 4 is 15.9 Å². The van der Waals surface area contributed by atoms with Crippen LogP contribution in [0, 0.1) is 6.08 Å².